The van der Waals surface area contributed by atoms with E-state index in [0.717, 1.165) is 11.5 Å². The summed E-state index contributed by atoms with van der Waals surface area (Å²) in [4.78, 5) is 13.9. The minimum absolute atomic E-state index is 0.0672. The Kier molecular flexibility index (Phi) is 4.49. The third-order valence-electron chi connectivity index (χ3n) is 3.26. The van der Waals surface area contributed by atoms with Crippen LogP contribution in [0.25, 0.3) is 0 Å². The number of hydrogen-bond acceptors (Lipinski definition) is 4. The van der Waals surface area contributed by atoms with E-state index < -0.39 is 6.04 Å². The fraction of sp³-hybridized carbons (Fsp3) is 0.533. The molecule has 1 heterocycles. The standard InChI is InChI=1S/C15H22N2O3/c1-10(2)17(15(18)11(3)16)8-12-9-19-13-6-4-5-7-14(13)20-12/h4-7,10-12H,8-9,16H2,1-3H3. The lowest BCUT2D eigenvalue weighted by atomic mass is 10.2. The number of nitrogens with zero attached hydrogens (tertiary/aromatic N) is 1. The van der Waals surface area contributed by atoms with Gasteiger partial charge in [0.25, 0.3) is 0 Å². The minimum Gasteiger partial charge on any atom is -0.486 e. The molecular weight excluding hydrogens is 256 g/mol. The zero-order chi connectivity index (χ0) is 14.7. The van der Waals surface area contributed by atoms with Crippen LogP contribution in [0.1, 0.15) is 20.8 Å². The SMILES string of the molecule is CC(N)C(=O)N(CC1COc2ccccc2O1)C(C)C. The van der Waals surface area contributed by atoms with Crippen molar-refractivity contribution >= 4 is 5.91 Å². The van der Waals surface area contributed by atoms with Crippen molar-refractivity contribution in [2.45, 2.75) is 39.0 Å². The molecule has 1 aromatic carbocycles. The van der Waals surface area contributed by atoms with Gasteiger partial charge in [-0.2, -0.15) is 0 Å². The van der Waals surface area contributed by atoms with Crippen molar-refractivity contribution in [1.29, 1.82) is 0 Å². The molecule has 2 rings (SSSR count). The molecule has 0 saturated carbocycles. The second kappa shape index (κ2) is 6.13. The number of carbonyl (C=O) groups is 1. The predicted octanol–water partition coefficient (Wildman–Crippen LogP) is 1.41. The van der Waals surface area contributed by atoms with E-state index in [9.17, 15) is 4.79 Å². The maximum absolute atomic E-state index is 12.1. The van der Waals surface area contributed by atoms with Gasteiger partial charge >= 0.3 is 0 Å². The summed E-state index contributed by atoms with van der Waals surface area (Å²) < 4.78 is 11.5. The fourth-order valence-corrected chi connectivity index (χ4v) is 2.19. The Morgan fingerprint density at radius 3 is 2.60 bits per heavy atom. The summed E-state index contributed by atoms with van der Waals surface area (Å²) in [5.74, 6) is 1.40. The van der Waals surface area contributed by atoms with E-state index in [2.05, 4.69) is 0 Å². The highest BCUT2D eigenvalue weighted by molar-refractivity contribution is 5.81. The van der Waals surface area contributed by atoms with Crippen molar-refractivity contribution in [2.24, 2.45) is 5.73 Å². The zero-order valence-electron chi connectivity index (χ0n) is 12.2. The average molecular weight is 278 g/mol. The lowest BCUT2D eigenvalue weighted by molar-refractivity contribution is -0.135. The van der Waals surface area contributed by atoms with Crippen LogP contribution >= 0.6 is 0 Å². The summed E-state index contributed by atoms with van der Waals surface area (Å²) in [5.41, 5.74) is 5.69. The zero-order valence-corrected chi connectivity index (χ0v) is 12.2. The molecule has 0 fully saturated rings. The van der Waals surface area contributed by atoms with Gasteiger partial charge in [0.1, 0.15) is 6.61 Å². The van der Waals surface area contributed by atoms with E-state index in [0.29, 0.717) is 13.2 Å². The molecule has 2 unspecified atom stereocenters. The number of hydrogen-bond donors (Lipinski definition) is 1. The third-order valence-corrected chi connectivity index (χ3v) is 3.26. The third kappa shape index (κ3) is 3.22. The summed E-state index contributed by atoms with van der Waals surface area (Å²) in [5, 5.41) is 0. The summed E-state index contributed by atoms with van der Waals surface area (Å²) in [6.07, 6.45) is -0.171. The molecule has 2 N–H and O–H groups in total. The summed E-state index contributed by atoms with van der Waals surface area (Å²) in [7, 11) is 0. The maximum Gasteiger partial charge on any atom is 0.239 e. The smallest absolute Gasteiger partial charge is 0.239 e. The normalized spacial score (nSPS) is 18.8. The van der Waals surface area contributed by atoms with Gasteiger partial charge in [-0.15, -0.1) is 0 Å². The highest BCUT2D eigenvalue weighted by Crippen LogP contribution is 2.31. The van der Waals surface area contributed by atoms with E-state index in [1.54, 1.807) is 11.8 Å². The number of nitrogens with two attached hydrogens (primary N) is 1. The van der Waals surface area contributed by atoms with Gasteiger partial charge in [0.2, 0.25) is 5.91 Å². The van der Waals surface area contributed by atoms with Crippen molar-refractivity contribution in [3.05, 3.63) is 24.3 Å². The molecule has 1 aliphatic heterocycles. The van der Waals surface area contributed by atoms with Gasteiger partial charge in [0.15, 0.2) is 17.6 Å². The van der Waals surface area contributed by atoms with Crippen LogP contribution in [0.3, 0.4) is 0 Å². The summed E-state index contributed by atoms with van der Waals surface area (Å²) in [6, 6.07) is 7.12. The molecule has 110 valence electrons. The Morgan fingerprint density at radius 1 is 1.35 bits per heavy atom. The quantitative estimate of drug-likeness (QED) is 0.904. The molecule has 5 heteroatoms. The van der Waals surface area contributed by atoms with Crippen LogP contribution in [0.5, 0.6) is 11.5 Å². The van der Waals surface area contributed by atoms with Gasteiger partial charge in [-0.05, 0) is 32.9 Å². The van der Waals surface area contributed by atoms with E-state index in [4.69, 9.17) is 15.2 Å². The van der Waals surface area contributed by atoms with Crippen molar-refractivity contribution in [2.75, 3.05) is 13.2 Å². The molecule has 0 radical (unpaired) electrons. The monoisotopic (exact) mass is 278 g/mol. The van der Waals surface area contributed by atoms with Gasteiger partial charge in [0, 0.05) is 6.04 Å². The van der Waals surface area contributed by atoms with Gasteiger partial charge in [0.05, 0.1) is 12.6 Å². The number of fused-ring (bicyclic) bond motifs is 1. The van der Waals surface area contributed by atoms with E-state index >= 15 is 0 Å². The number of amides is 1. The molecular formula is C15H22N2O3. The number of benzene rings is 1. The number of rotatable bonds is 4. The molecule has 5 nitrogen and oxygen atoms in total. The van der Waals surface area contributed by atoms with Crippen LogP contribution in [0.4, 0.5) is 0 Å². The van der Waals surface area contributed by atoms with E-state index in [1.165, 1.54) is 0 Å². The highest BCUT2D eigenvalue weighted by atomic mass is 16.6. The molecule has 2 atom stereocenters. The maximum atomic E-state index is 12.1. The van der Waals surface area contributed by atoms with Crippen LogP contribution in [0, 0.1) is 0 Å². The molecule has 0 bridgehead atoms. The fourth-order valence-electron chi connectivity index (χ4n) is 2.19. The first-order valence-corrected chi connectivity index (χ1v) is 6.93. The number of ether oxygens (including phenoxy) is 2. The molecule has 1 aliphatic rings. The first kappa shape index (κ1) is 14.7. The van der Waals surface area contributed by atoms with Gasteiger partial charge < -0.3 is 20.1 Å². The van der Waals surface area contributed by atoms with Crippen LogP contribution in [0.2, 0.25) is 0 Å². The van der Waals surface area contributed by atoms with Crippen molar-refractivity contribution in [3.8, 4) is 11.5 Å². The Morgan fingerprint density at radius 2 is 2.00 bits per heavy atom. The second-order valence-electron chi connectivity index (χ2n) is 5.37. The Balaban J connectivity index is 2.04. The summed E-state index contributed by atoms with van der Waals surface area (Å²) >= 11 is 0. The van der Waals surface area contributed by atoms with Crippen LogP contribution in [0.15, 0.2) is 24.3 Å². The lowest BCUT2D eigenvalue weighted by Crippen LogP contribution is -2.51. The molecule has 1 amide bonds. The topological polar surface area (TPSA) is 64.8 Å². The second-order valence-corrected chi connectivity index (χ2v) is 5.37. The first-order chi connectivity index (χ1) is 9.49. The molecule has 0 saturated heterocycles. The number of para-hydroxylation sites is 2. The largest absolute Gasteiger partial charge is 0.486 e. The van der Waals surface area contributed by atoms with Crippen LogP contribution in [-0.2, 0) is 4.79 Å². The van der Waals surface area contributed by atoms with Crippen molar-refractivity contribution in [1.82, 2.24) is 4.90 Å². The van der Waals surface area contributed by atoms with Crippen molar-refractivity contribution in [3.63, 3.8) is 0 Å². The Bertz CT molecular complexity index is 474. The average Bonchev–Trinajstić information content (AvgIpc) is 2.43. The molecule has 20 heavy (non-hydrogen) atoms. The molecule has 0 aromatic heterocycles. The Labute approximate surface area is 119 Å². The minimum atomic E-state index is -0.505. The van der Waals surface area contributed by atoms with E-state index in [-0.39, 0.29) is 18.1 Å². The Hall–Kier alpha value is -1.75. The van der Waals surface area contributed by atoms with Gasteiger partial charge in [-0.25, -0.2) is 0 Å². The summed E-state index contributed by atoms with van der Waals surface area (Å²) in [6.45, 7) is 6.56. The van der Waals surface area contributed by atoms with Gasteiger partial charge in [-0.1, -0.05) is 12.1 Å². The lowest BCUT2D eigenvalue weighted by Gasteiger charge is -2.34. The van der Waals surface area contributed by atoms with Crippen LogP contribution < -0.4 is 15.2 Å². The molecule has 1 aromatic rings. The van der Waals surface area contributed by atoms with E-state index in [1.807, 2.05) is 38.1 Å². The number of carbonyl (C=O) groups excluding carboxylic acids is 1. The first-order valence-electron chi connectivity index (χ1n) is 6.93. The molecule has 0 spiro atoms. The van der Waals surface area contributed by atoms with Gasteiger partial charge in [-0.3, -0.25) is 4.79 Å². The molecule has 0 aliphatic carbocycles. The van der Waals surface area contributed by atoms with Crippen LogP contribution in [-0.4, -0.2) is 42.1 Å². The van der Waals surface area contributed by atoms with Crippen molar-refractivity contribution < 1.29 is 14.3 Å². The predicted molar refractivity (Wildman–Crippen MR) is 76.9 cm³/mol. The highest BCUT2D eigenvalue weighted by Gasteiger charge is 2.27.